The molecule has 0 amide bonds. The summed E-state index contributed by atoms with van der Waals surface area (Å²) >= 11 is 1.49. The smallest absolute Gasteiger partial charge is 0.155 e. The Kier molecular flexibility index (Phi) is 6.57. The molecule has 0 N–H and O–H groups in total. The van der Waals surface area contributed by atoms with E-state index in [-0.39, 0.29) is 5.78 Å². The molecule has 0 saturated carbocycles. The van der Waals surface area contributed by atoms with Gasteiger partial charge in [0.05, 0.1) is 6.07 Å². The Bertz CT molecular complexity index is 364. The third-order valence-corrected chi connectivity index (χ3v) is 3.74. The second-order valence-electron chi connectivity index (χ2n) is 4.21. The molecule has 0 spiro atoms. The lowest BCUT2D eigenvalue weighted by molar-refractivity contribution is -0.119. The molecule has 3 heteroatoms. The number of Topliss-reactive ketones (excluding diaryl/α,β-unsaturated/α-hetero) is 1. The van der Waals surface area contributed by atoms with E-state index >= 15 is 0 Å². The maximum absolute atomic E-state index is 11.9. The molecule has 1 unspecified atom stereocenters. The van der Waals surface area contributed by atoms with E-state index in [4.69, 9.17) is 5.26 Å². The van der Waals surface area contributed by atoms with Gasteiger partial charge in [-0.25, -0.2) is 0 Å². The number of unbranched alkanes of at least 4 members (excludes halogenated alkanes) is 4. The van der Waals surface area contributed by atoms with Crippen molar-refractivity contribution in [3.05, 3.63) is 22.4 Å². The third kappa shape index (κ3) is 4.70. The van der Waals surface area contributed by atoms with Gasteiger partial charge in [-0.05, 0) is 17.9 Å². The highest BCUT2D eigenvalue weighted by Crippen LogP contribution is 2.23. The van der Waals surface area contributed by atoms with Crippen LogP contribution in [-0.2, 0) is 4.79 Å². The summed E-state index contributed by atoms with van der Waals surface area (Å²) < 4.78 is 0. The standard InChI is InChI=1S/C14H19NOS/c1-2-3-4-5-6-8-13(16)12(11-15)14-9-7-10-17-14/h7,9-10,12H,2-6,8H2,1H3. The summed E-state index contributed by atoms with van der Waals surface area (Å²) in [5.74, 6) is -0.465. The lowest BCUT2D eigenvalue weighted by Gasteiger charge is -2.05. The first kappa shape index (κ1) is 13.9. The van der Waals surface area contributed by atoms with Gasteiger partial charge in [-0.1, -0.05) is 38.7 Å². The van der Waals surface area contributed by atoms with Crippen molar-refractivity contribution in [3.63, 3.8) is 0 Å². The van der Waals surface area contributed by atoms with E-state index < -0.39 is 5.92 Å². The Morgan fingerprint density at radius 3 is 2.76 bits per heavy atom. The first-order valence-electron chi connectivity index (χ1n) is 6.25. The van der Waals surface area contributed by atoms with Crippen LogP contribution >= 0.6 is 11.3 Å². The summed E-state index contributed by atoms with van der Waals surface area (Å²) in [6.07, 6.45) is 6.20. The Labute approximate surface area is 107 Å². The van der Waals surface area contributed by atoms with Gasteiger partial charge in [-0.15, -0.1) is 11.3 Å². The molecular formula is C14H19NOS. The van der Waals surface area contributed by atoms with E-state index in [1.165, 1.54) is 30.6 Å². The zero-order valence-electron chi connectivity index (χ0n) is 10.3. The molecule has 92 valence electrons. The minimum Gasteiger partial charge on any atom is -0.298 e. The van der Waals surface area contributed by atoms with Crippen molar-refractivity contribution in [1.29, 1.82) is 5.26 Å². The minimum absolute atomic E-state index is 0.0754. The second kappa shape index (κ2) is 8.03. The highest BCUT2D eigenvalue weighted by molar-refractivity contribution is 7.10. The minimum atomic E-state index is -0.541. The monoisotopic (exact) mass is 249 g/mol. The van der Waals surface area contributed by atoms with Crippen LogP contribution in [0.1, 0.15) is 56.2 Å². The fraction of sp³-hybridized carbons (Fsp3) is 0.571. The van der Waals surface area contributed by atoms with Crippen LogP contribution in [0.3, 0.4) is 0 Å². The molecule has 1 aromatic rings. The van der Waals surface area contributed by atoms with Crippen molar-refractivity contribution in [1.82, 2.24) is 0 Å². The van der Waals surface area contributed by atoms with E-state index in [0.29, 0.717) is 6.42 Å². The van der Waals surface area contributed by atoms with Crippen molar-refractivity contribution < 1.29 is 4.79 Å². The van der Waals surface area contributed by atoms with Crippen LogP contribution in [0.15, 0.2) is 17.5 Å². The van der Waals surface area contributed by atoms with E-state index in [2.05, 4.69) is 13.0 Å². The summed E-state index contributed by atoms with van der Waals surface area (Å²) in [5.41, 5.74) is 0. The molecule has 0 aliphatic heterocycles. The largest absolute Gasteiger partial charge is 0.298 e. The lowest BCUT2D eigenvalue weighted by atomic mass is 9.98. The Morgan fingerprint density at radius 1 is 1.41 bits per heavy atom. The summed E-state index contributed by atoms with van der Waals surface area (Å²) in [6, 6.07) is 5.87. The first-order chi connectivity index (χ1) is 8.29. The molecule has 17 heavy (non-hydrogen) atoms. The molecule has 0 bridgehead atoms. The lowest BCUT2D eigenvalue weighted by Crippen LogP contribution is -2.09. The molecule has 1 heterocycles. The topological polar surface area (TPSA) is 40.9 Å². The predicted octanol–water partition coefficient (Wildman–Crippen LogP) is 4.28. The maximum atomic E-state index is 11.9. The fourth-order valence-corrected chi connectivity index (χ4v) is 2.59. The quantitative estimate of drug-likeness (QED) is 0.645. The number of rotatable bonds is 8. The number of carbonyl (C=O) groups is 1. The number of thiophene rings is 1. The molecule has 1 atom stereocenters. The second-order valence-corrected chi connectivity index (χ2v) is 5.19. The van der Waals surface area contributed by atoms with Crippen LogP contribution in [0.5, 0.6) is 0 Å². The molecule has 2 nitrogen and oxygen atoms in total. The van der Waals surface area contributed by atoms with Crippen LogP contribution in [0.4, 0.5) is 0 Å². The van der Waals surface area contributed by atoms with Crippen molar-refractivity contribution in [2.75, 3.05) is 0 Å². The van der Waals surface area contributed by atoms with Crippen molar-refractivity contribution >= 4 is 17.1 Å². The SMILES string of the molecule is CCCCCCCC(=O)C(C#N)c1cccs1. The number of hydrogen-bond donors (Lipinski definition) is 0. The summed E-state index contributed by atoms with van der Waals surface area (Å²) in [6.45, 7) is 2.17. The van der Waals surface area contributed by atoms with E-state index in [9.17, 15) is 4.79 Å². The van der Waals surface area contributed by atoms with Gasteiger partial charge < -0.3 is 0 Å². The summed E-state index contributed by atoms with van der Waals surface area (Å²) in [5, 5.41) is 11.0. The van der Waals surface area contributed by atoms with Crippen LogP contribution in [-0.4, -0.2) is 5.78 Å². The van der Waals surface area contributed by atoms with E-state index in [1.54, 1.807) is 0 Å². The highest BCUT2D eigenvalue weighted by Gasteiger charge is 2.20. The van der Waals surface area contributed by atoms with Gasteiger partial charge in [0.25, 0.3) is 0 Å². The van der Waals surface area contributed by atoms with Crippen LogP contribution in [0.2, 0.25) is 0 Å². The molecule has 1 rings (SSSR count). The third-order valence-electron chi connectivity index (χ3n) is 2.81. The average Bonchev–Trinajstić information content (AvgIpc) is 2.83. The van der Waals surface area contributed by atoms with Gasteiger partial charge in [0.15, 0.2) is 5.78 Å². The van der Waals surface area contributed by atoms with Crippen LogP contribution in [0.25, 0.3) is 0 Å². The molecule has 0 saturated heterocycles. The molecule has 0 radical (unpaired) electrons. The fourth-order valence-electron chi connectivity index (χ4n) is 1.80. The number of ketones is 1. The van der Waals surface area contributed by atoms with Crippen molar-refractivity contribution in [3.8, 4) is 6.07 Å². The zero-order valence-corrected chi connectivity index (χ0v) is 11.1. The Hall–Kier alpha value is -1.14. The normalized spacial score (nSPS) is 12.0. The van der Waals surface area contributed by atoms with Gasteiger partial charge >= 0.3 is 0 Å². The Morgan fingerprint density at radius 2 is 2.18 bits per heavy atom. The molecule has 0 aliphatic rings. The summed E-state index contributed by atoms with van der Waals surface area (Å²) in [4.78, 5) is 12.8. The number of nitrogens with zero attached hydrogens (tertiary/aromatic N) is 1. The molecule has 0 fully saturated rings. The highest BCUT2D eigenvalue weighted by atomic mass is 32.1. The Balaban J connectivity index is 2.33. The predicted molar refractivity (Wildman–Crippen MR) is 71.1 cm³/mol. The zero-order chi connectivity index (χ0) is 12.5. The molecular weight excluding hydrogens is 230 g/mol. The van der Waals surface area contributed by atoms with Gasteiger partial charge in [0.2, 0.25) is 0 Å². The van der Waals surface area contributed by atoms with Crippen molar-refractivity contribution in [2.45, 2.75) is 51.4 Å². The van der Waals surface area contributed by atoms with Crippen LogP contribution in [0, 0.1) is 11.3 Å². The molecule has 1 aromatic heterocycles. The first-order valence-corrected chi connectivity index (χ1v) is 7.13. The van der Waals surface area contributed by atoms with E-state index in [1.807, 2.05) is 17.5 Å². The van der Waals surface area contributed by atoms with E-state index in [0.717, 1.165) is 17.7 Å². The van der Waals surface area contributed by atoms with Gasteiger partial charge in [0, 0.05) is 11.3 Å². The number of nitriles is 1. The van der Waals surface area contributed by atoms with Gasteiger partial charge in [-0.3, -0.25) is 4.79 Å². The van der Waals surface area contributed by atoms with Crippen molar-refractivity contribution in [2.24, 2.45) is 0 Å². The molecule has 0 aliphatic carbocycles. The van der Waals surface area contributed by atoms with Gasteiger partial charge in [0.1, 0.15) is 5.92 Å². The van der Waals surface area contributed by atoms with Gasteiger partial charge in [-0.2, -0.15) is 5.26 Å². The number of carbonyl (C=O) groups excluding carboxylic acids is 1. The summed E-state index contributed by atoms with van der Waals surface area (Å²) in [7, 11) is 0. The van der Waals surface area contributed by atoms with Crippen LogP contribution < -0.4 is 0 Å². The average molecular weight is 249 g/mol. The number of hydrogen-bond acceptors (Lipinski definition) is 3. The maximum Gasteiger partial charge on any atom is 0.155 e. The molecule has 0 aromatic carbocycles.